The van der Waals surface area contributed by atoms with Gasteiger partial charge in [-0.15, -0.1) is 0 Å². The van der Waals surface area contributed by atoms with Gasteiger partial charge in [0, 0.05) is 13.2 Å². The Labute approximate surface area is 131 Å². The summed E-state index contributed by atoms with van der Waals surface area (Å²) in [5, 5.41) is 3.55. The smallest absolute Gasteiger partial charge is 0.133 e. The molecular formula is C16H26BrNO2. The van der Waals surface area contributed by atoms with Crippen LogP contribution in [-0.2, 0) is 4.74 Å². The molecule has 114 valence electrons. The van der Waals surface area contributed by atoms with Gasteiger partial charge >= 0.3 is 0 Å². The fraction of sp³-hybridized carbons (Fsp3) is 0.625. The van der Waals surface area contributed by atoms with Crippen LogP contribution >= 0.6 is 15.9 Å². The lowest BCUT2D eigenvalue weighted by molar-refractivity contribution is 0.146. The summed E-state index contributed by atoms with van der Waals surface area (Å²) in [5.74, 6) is 1.53. The molecule has 1 aromatic carbocycles. The van der Waals surface area contributed by atoms with E-state index in [9.17, 15) is 0 Å². The Morgan fingerprint density at radius 2 is 2.00 bits per heavy atom. The molecule has 0 saturated carbocycles. The number of ether oxygens (including phenoxy) is 2. The number of rotatable bonds is 9. The molecule has 4 heteroatoms. The molecule has 3 nitrogen and oxygen atoms in total. The fourth-order valence-electron chi connectivity index (χ4n) is 2.14. The summed E-state index contributed by atoms with van der Waals surface area (Å²) in [7, 11) is 1.68. The summed E-state index contributed by atoms with van der Waals surface area (Å²) in [6.07, 6.45) is 1.13. The van der Waals surface area contributed by atoms with Gasteiger partial charge in [0.25, 0.3) is 0 Å². The van der Waals surface area contributed by atoms with Crippen molar-refractivity contribution in [3.8, 4) is 5.75 Å². The first-order chi connectivity index (χ1) is 9.58. The summed E-state index contributed by atoms with van der Waals surface area (Å²) in [4.78, 5) is 0. The number of hydrogen-bond donors (Lipinski definition) is 1. The van der Waals surface area contributed by atoms with Crippen LogP contribution in [-0.4, -0.2) is 26.9 Å². The van der Waals surface area contributed by atoms with Crippen molar-refractivity contribution in [2.45, 2.75) is 33.2 Å². The first-order valence-electron chi connectivity index (χ1n) is 7.23. The predicted molar refractivity (Wildman–Crippen MR) is 87.4 cm³/mol. The maximum Gasteiger partial charge on any atom is 0.133 e. The minimum atomic E-state index is 0.393. The van der Waals surface area contributed by atoms with Crippen molar-refractivity contribution in [3.05, 3.63) is 28.2 Å². The van der Waals surface area contributed by atoms with E-state index in [-0.39, 0.29) is 0 Å². The van der Waals surface area contributed by atoms with Crippen LogP contribution in [0.1, 0.15) is 38.8 Å². The standard InChI is InChI=1S/C16H26BrNO2/c1-5-18-15(10-12(2)3)13-6-7-16(14(17)11-13)20-9-8-19-4/h6-7,11-12,15,18H,5,8-10H2,1-4H3. The molecule has 1 N–H and O–H groups in total. The van der Waals surface area contributed by atoms with Gasteiger partial charge in [-0.25, -0.2) is 0 Å². The second-order valence-corrected chi connectivity index (χ2v) is 6.13. The van der Waals surface area contributed by atoms with Crippen molar-refractivity contribution in [3.63, 3.8) is 0 Å². The monoisotopic (exact) mass is 343 g/mol. The Hall–Kier alpha value is -0.580. The molecule has 0 fully saturated rings. The third kappa shape index (κ3) is 5.81. The SMILES string of the molecule is CCNC(CC(C)C)c1ccc(OCCOC)c(Br)c1. The van der Waals surface area contributed by atoms with Gasteiger partial charge < -0.3 is 14.8 Å². The molecule has 1 rings (SSSR count). The molecule has 1 atom stereocenters. The summed E-state index contributed by atoms with van der Waals surface area (Å²) < 4.78 is 11.6. The molecule has 0 bridgehead atoms. The maximum atomic E-state index is 5.66. The highest BCUT2D eigenvalue weighted by atomic mass is 79.9. The zero-order chi connectivity index (χ0) is 15.0. The summed E-state index contributed by atoms with van der Waals surface area (Å²) in [6.45, 7) is 8.79. The molecule has 1 unspecified atom stereocenters. The van der Waals surface area contributed by atoms with Crippen LogP contribution in [0.2, 0.25) is 0 Å². The third-order valence-electron chi connectivity index (χ3n) is 3.06. The molecule has 0 aromatic heterocycles. The van der Waals surface area contributed by atoms with Crippen molar-refractivity contribution in [2.24, 2.45) is 5.92 Å². The van der Waals surface area contributed by atoms with E-state index in [4.69, 9.17) is 9.47 Å². The Morgan fingerprint density at radius 1 is 1.25 bits per heavy atom. The van der Waals surface area contributed by atoms with Crippen molar-refractivity contribution < 1.29 is 9.47 Å². The van der Waals surface area contributed by atoms with Gasteiger partial charge in [-0.2, -0.15) is 0 Å². The number of halogens is 1. The van der Waals surface area contributed by atoms with E-state index in [0.29, 0.717) is 25.2 Å². The van der Waals surface area contributed by atoms with Crippen LogP contribution in [0, 0.1) is 5.92 Å². The van der Waals surface area contributed by atoms with Gasteiger partial charge in [0.15, 0.2) is 0 Å². The Bertz CT molecular complexity index is 396. The molecule has 0 radical (unpaired) electrons. The molecule has 0 spiro atoms. The first-order valence-corrected chi connectivity index (χ1v) is 8.02. The molecule has 0 aliphatic rings. The lowest BCUT2D eigenvalue weighted by Gasteiger charge is -2.21. The highest BCUT2D eigenvalue weighted by molar-refractivity contribution is 9.10. The average molecular weight is 344 g/mol. The number of benzene rings is 1. The summed E-state index contributed by atoms with van der Waals surface area (Å²) in [5.41, 5.74) is 1.30. The van der Waals surface area contributed by atoms with Crippen LogP contribution in [0.4, 0.5) is 0 Å². The van der Waals surface area contributed by atoms with Gasteiger partial charge in [0.2, 0.25) is 0 Å². The van der Waals surface area contributed by atoms with Crippen LogP contribution in [0.25, 0.3) is 0 Å². The molecule has 20 heavy (non-hydrogen) atoms. The van der Waals surface area contributed by atoms with E-state index in [2.05, 4.69) is 54.2 Å². The molecule has 1 aromatic rings. The number of hydrogen-bond acceptors (Lipinski definition) is 3. The average Bonchev–Trinajstić information content (AvgIpc) is 2.40. The molecule has 0 heterocycles. The van der Waals surface area contributed by atoms with E-state index < -0.39 is 0 Å². The normalized spacial score (nSPS) is 12.7. The van der Waals surface area contributed by atoms with Crippen molar-refractivity contribution in [2.75, 3.05) is 26.9 Å². The van der Waals surface area contributed by atoms with Gasteiger partial charge in [-0.1, -0.05) is 26.8 Å². The van der Waals surface area contributed by atoms with Gasteiger partial charge in [-0.05, 0) is 52.5 Å². The second kappa shape index (κ2) is 9.37. The van der Waals surface area contributed by atoms with Crippen LogP contribution < -0.4 is 10.1 Å². The quantitative estimate of drug-likeness (QED) is 0.682. The van der Waals surface area contributed by atoms with Crippen molar-refractivity contribution in [1.29, 1.82) is 0 Å². The minimum absolute atomic E-state index is 0.393. The Kier molecular flexibility index (Phi) is 8.19. The summed E-state index contributed by atoms with van der Waals surface area (Å²) in [6, 6.07) is 6.71. The highest BCUT2D eigenvalue weighted by Gasteiger charge is 2.14. The zero-order valence-corrected chi connectivity index (χ0v) is 14.5. The van der Waals surface area contributed by atoms with E-state index in [1.807, 2.05) is 6.07 Å². The summed E-state index contributed by atoms with van der Waals surface area (Å²) >= 11 is 3.59. The lowest BCUT2D eigenvalue weighted by Crippen LogP contribution is -2.22. The molecule has 0 amide bonds. The van der Waals surface area contributed by atoms with E-state index in [1.165, 1.54) is 5.56 Å². The number of methoxy groups -OCH3 is 1. The third-order valence-corrected chi connectivity index (χ3v) is 3.68. The Balaban J connectivity index is 2.77. The minimum Gasteiger partial charge on any atom is -0.490 e. The molecule has 0 saturated heterocycles. The topological polar surface area (TPSA) is 30.5 Å². The van der Waals surface area contributed by atoms with Crippen molar-refractivity contribution >= 4 is 15.9 Å². The highest BCUT2D eigenvalue weighted by Crippen LogP contribution is 2.30. The fourth-order valence-corrected chi connectivity index (χ4v) is 2.65. The molecular weight excluding hydrogens is 318 g/mol. The van der Waals surface area contributed by atoms with Gasteiger partial charge in [-0.3, -0.25) is 0 Å². The lowest BCUT2D eigenvalue weighted by atomic mass is 9.97. The number of nitrogens with one attached hydrogen (secondary N) is 1. The largest absolute Gasteiger partial charge is 0.490 e. The van der Waals surface area contributed by atoms with Gasteiger partial charge in [0.1, 0.15) is 12.4 Å². The van der Waals surface area contributed by atoms with E-state index in [1.54, 1.807) is 7.11 Å². The van der Waals surface area contributed by atoms with E-state index >= 15 is 0 Å². The van der Waals surface area contributed by atoms with Crippen LogP contribution in [0.15, 0.2) is 22.7 Å². The molecule has 0 aliphatic heterocycles. The molecule has 0 aliphatic carbocycles. The maximum absolute atomic E-state index is 5.66. The Morgan fingerprint density at radius 3 is 2.55 bits per heavy atom. The first kappa shape index (κ1) is 17.5. The van der Waals surface area contributed by atoms with Crippen molar-refractivity contribution in [1.82, 2.24) is 5.32 Å². The second-order valence-electron chi connectivity index (χ2n) is 5.27. The van der Waals surface area contributed by atoms with Gasteiger partial charge in [0.05, 0.1) is 11.1 Å². The zero-order valence-electron chi connectivity index (χ0n) is 12.9. The van der Waals surface area contributed by atoms with E-state index in [0.717, 1.165) is 23.2 Å². The van der Waals surface area contributed by atoms with Crippen LogP contribution in [0.5, 0.6) is 5.75 Å². The van der Waals surface area contributed by atoms with Crippen LogP contribution in [0.3, 0.4) is 0 Å². The predicted octanol–water partition coefficient (Wildman–Crippen LogP) is 4.17.